The number of carbonyl (C=O) groups excluding carboxylic acids is 1. The summed E-state index contributed by atoms with van der Waals surface area (Å²) in [6.45, 7) is 3.37. The van der Waals surface area contributed by atoms with E-state index in [-0.39, 0.29) is 5.78 Å². The number of aryl methyl sites for hydroxylation is 1. The number of carboxylic acid groups (broad SMARTS) is 1. The van der Waals surface area contributed by atoms with Crippen LogP contribution >= 0.6 is 15.9 Å². The van der Waals surface area contributed by atoms with Crippen molar-refractivity contribution in [2.24, 2.45) is 0 Å². The van der Waals surface area contributed by atoms with Crippen LogP contribution in [0.4, 0.5) is 0 Å². The molecular weight excluding hydrogens is 300 g/mol. The topological polar surface area (TPSA) is 74.6 Å². The predicted octanol–water partition coefficient (Wildman–Crippen LogP) is 2.39. The van der Waals surface area contributed by atoms with E-state index in [1.54, 1.807) is 12.1 Å². The lowest BCUT2D eigenvalue weighted by molar-refractivity contribution is -0.146. The van der Waals surface area contributed by atoms with E-state index in [9.17, 15) is 14.7 Å². The molecule has 0 aliphatic carbocycles. The molecule has 0 bridgehead atoms. The number of rotatable bonds is 5. The molecule has 5 heteroatoms. The van der Waals surface area contributed by atoms with Crippen molar-refractivity contribution in [2.75, 3.05) is 0 Å². The van der Waals surface area contributed by atoms with Gasteiger partial charge in [-0.25, -0.2) is 4.79 Å². The smallest absolute Gasteiger partial charge is 0.337 e. The molecule has 0 fully saturated rings. The van der Waals surface area contributed by atoms with E-state index in [0.717, 1.165) is 5.56 Å². The molecule has 0 aliphatic heterocycles. The second kappa shape index (κ2) is 6.11. The monoisotopic (exact) mass is 314 g/mol. The molecule has 2 atom stereocenters. The Morgan fingerprint density at radius 1 is 1.28 bits per heavy atom. The molecule has 1 rings (SSSR count). The number of aliphatic hydroxyl groups is 1. The normalized spacial score (nSPS) is 14.0. The number of hydrogen-bond donors (Lipinski definition) is 2. The number of aliphatic hydroxyl groups excluding tert-OH is 1. The van der Waals surface area contributed by atoms with E-state index in [4.69, 9.17) is 5.11 Å². The zero-order valence-corrected chi connectivity index (χ0v) is 11.8. The highest BCUT2D eigenvalue weighted by Gasteiger charge is 2.20. The fourth-order valence-corrected chi connectivity index (χ4v) is 1.90. The minimum atomic E-state index is -1.57. The van der Waals surface area contributed by atoms with Gasteiger partial charge in [0.1, 0.15) is 5.78 Å². The molecule has 0 aliphatic rings. The largest absolute Gasteiger partial charge is 0.479 e. The maximum Gasteiger partial charge on any atom is 0.337 e. The summed E-state index contributed by atoms with van der Waals surface area (Å²) < 4.78 is 0. The predicted molar refractivity (Wildman–Crippen MR) is 70.8 cm³/mol. The Hall–Kier alpha value is -1.20. The summed E-state index contributed by atoms with van der Waals surface area (Å²) in [4.78, 5) is 21.6. The number of Topliss-reactive ketones (excluding diaryl/α,β-unsaturated/α-hetero) is 1. The van der Waals surface area contributed by atoms with Crippen LogP contribution in [0.2, 0.25) is 0 Å². The van der Waals surface area contributed by atoms with E-state index in [0.29, 0.717) is 17.5 Å². The van der Waals surface area contributed by atoms with Crippen LogP contribution in [-0.2, 0) is 16.0 Å². The third-order valence-corrected chi connectivity index (χ3v) is 3.82. The van der Waals surface area contributed by atoms with Crippen LogP contribution in [0.25, 0.3) is 0 Å². The maximum absolute atomic E-state index is 11.3. The van der Waals surface area contributed by atoms with E-state index < -0.39 is 16.9 Å². The quantitative estimate of drug-likeness (QED) is 0.818. The van der Waals surface area contributed by atoms with Crippen molar-refractivity contribution < 1.29 is 19.8 Å². The van der Waals surface area contributed by atoms with E-state index in [2.05, 4.69) is 15.9 Å². The van der Waals surface area contributed by atoms with Gasteiger partial charge in [-0.15, -0.1) is 0 Å². The average Bonchev–Trinajstić information content (AvgIpc) is 2.35. The minimum absolute atomic E-state index is 0.0704. The van der Waals surface area contributed by atoms with Crippen LogP contribution in [-0.4, -0.2) is 22.0 Å². The summed E-state index contributed by atoms with van der Waals surface area (Å²) in [7, 11) is 0. The molecule has 1 aromatic carbocycles. The molecule has 0 amide bonds. The Bertz CT molecular complexity index is 432. The van der Waals surface area contributed by atoms with Crippen molar-refractivity contribution >= 4 is 27.7 Å². The van der Waals surface area contributed by atoms with E-state index in [1.807, 2.05) is 13.0 Å². The Balaban J connectivity index is 3.25. The zero-order chi connectivity index (χ0) is 13.9. The average molecular weight is 315 g/mol. The van der Waals surface area contributed by atoms with Crippen LogP contribution in [0, 0.1) is 0 Å². The first-order valence-corrected chi connectivity index (χ1v) is 6.47. The van der Waals surface area contributed by atoms with Gasteiger partial charge in [0.15, 0.2) is 6.10 Å². The molecular formula is C13H15BrO4. The molecule has 1 aromatic rings. The molecule has 18 heavy (non-hydrogen) atoms. The van der Waals surface area contributed by atoms with Gasteiger partial charge in [-0.2, -0.15) is 0 Å². The minimum Gasteiger partial charge on any atom is -0.479 e. The fraction of sp³-hybridized carbons (Fsp3) is 0.385. The van der Waals surface area contributed by atoms with Gasteiger partial charge in [-0.3, -0.25) is 4.79 Å². The lowest BCUT2D eigenvalue weighted by Gasteiger charge is -2.13. The van der Waals surface area contributed by atoms with Gasteiger partial charge < -0.3 is 10.2 Å². The second-order valence-electron chi connectivity index (χ2n) is 4.08. The number of aliphatic carboxylic acids is 1. The van der Waals surface area contributed by atoms with Crippen molar-refractivity contribution in [3.05, 3.63) is 34.9 Å². The van der Waals surface area contributed by atoms with Gasteiger partial charge in [-0.1, -0.05) is 41.1 Å². The van der Waals surface area contributed by atoms with Crippen LogP contribution in [0.5, 0.6) is 0 Å². The first-order chi connectivity index (χ1) is 8.36. The summed E-state index contributed by atoms with van der Waals surface area (Å²) >= 11 is 3.26. The van der Waals surface area contributed by atoms with Gasteiger partial charge >= 0.3 is 5.97 Å². The molecule has 0 radical (unpaired) electrons. The first-order valence-electron chi connectivity index (χ1n) is 5.56. The highest BCUT2D eigenvalue weighted by Crippen LogP contribution is 2.28. The van der Waals surface area contributed by atoms with Gasteiger partial charge in [0.25, 0.3) is 0 Å². The highest BCUT2D eigenvalue weighted by molar-refractivity contribution is 9.09. The molecule has 98 valence electrons. The van der Waals surface area contributed by atoms with Gasteiger partial charge in [-0.05, 0) is 30.0 Å². The molecule has 0 saturated carbocycles. The summed E-state index contributed by atoms with van der Waals surface area (Å²) in [5, 5.41) is 18.4. The first kappa shape index (κ1) is 14.9. The van der Waals surface area contributed by atoms with Crippen LogP contribution in [0.15, 0.2) is 18.2 Å². The molecule has 0 saturated heterocycles. The zero-order valence-electron chi connectivity index (χ0n) is 10.2. The molecule has 0 spiro atoms. The Morgan fingerprint density at radius 2 is 1.83 bits per heavy atom. The lowest BCUT2D eigenvalue weighted by Crippen LogP contribution is -2.12. The number of halogens is 1. The highest BCUT2D eigenvalue weighted by atomic mass is 79.9. The van der Waals surface area contributed by atoms with Crippen molar-refractivity contribution in [3.8, 4) is 0 Å². The van der Waals surface area contributed by atoms with Crippen molar-refractivity contribution in [1.82, 2.24) is 0 Å². The summed E-state index contributed by atoms with van der Waals surface area (Å²) in [5.41, 5.74) is 1.84. The third-order valence-electron chi connectivity index (χ3n) is 2.64. The number of alkyl halides is 1. The Morgan fingerprint density at radius 3 is 2.28 bits per heavy atom. The fourth-order valence-electron chi connectivity index (χ4n) is 1.63. The molecule has 0 heterocycles. The molecule has 2 N–H and O–H groups in total. The van der Waals surface area contributed by atoms with Crippen LogP contribution in [0.3, 0.4) is 0 Å². The molecule has 0 aromatic heterocycles. The summed E-state index contributed by atoms with van der Waals surface area (Å²) in [6, 6.07) is 5.01. The molecule has 4 nitrogen and oxygen atoms in total. The number of hydrogen-bond acceptors (Lipinski definition) is 3. The summed E-state index contributed by atoms with van der Waals surface area (Å²) in [6.07, 6.45) is -0.868. The van der Waals surface area contributed by atoms with Gasteiger partial charge in [0.05, 0.1) is 4.83 Å². The van der Waals surface area contributed by atoms with Crippen molar-refractivity contribution in [3.63, 3.8) is 0 Å². The second-order valence-corrected chi connectivity index (χ2v) is 4.99. The Labute approximate surface area is 114 Å². The van der Waals surface area contributed by atoms with Gasteiger partial charge in [0.2, 0.25) is 0 Å². The Kier molecular flexibility index (Phi) is 5.04. The molecule has 2 unspecified atom stereocenters. The number of carboxylic acids is 1. The number of benzene rings is 1. The van der Waals surface area contributed by atoms with Crippen molar-refractivity contribution in [1.29, 1.82) is 0 Å². The van der Waals surface area contributed by atoms with E-state index >= 15 is 0 Å². The maximum atomic E-state index is 11.3. The number of carbonyl (C=O) groups is 2. The third kappa shape index (κ3) is 3.40. The van der Waals surface area contributed by atoms with E-state index in [1.165, 1.54) is 6.92 Å². The SMILES string of the molecule is CCc1cc(C(O)C(=O)O)cc(C(Br)C(C)=O)c1. The van der Waals surface area contributed by atoms with Crippen LogP contribution in [0.1, 0.15) is 41.5 Å². The number of ketones is 1. The van der Waals surface area contributed by atoms with Crippen molar-refractivity contribution in [2.45, 2.75) is 31.2 Å². The van der Waals surface area contributed by atoms with Gasteiger partial charge in [0, 0.05) is 0 Å². The van der Waals surface area contributed by atoms with Crippen LogP contribution < -0.4 is 0 Å². The lowest BCUT2D eigenvalue weighted by atomic mass is 9.98. The standard InChI is InChI=1S/C13H15BrO4/c1-3-8-4-9(11(14)7(2)15)6-10(5-8)12(16)13(17)18/h4-6,11-12,16H,3H2,1-2H3,(H,17,18). The summed E-state index contributed by atoms with van der Waals surface area (Å²) in [5.74, 6) is -1.37.